The van der Waals surface area contributed by atoms with Crippen molar-refractivity contribution >= 4 is 0 Å². The van der Waals surface area contributed by atoms with Gasteiger partial charge in [-0.25, -0.2) is 4.68 Å². The molecule has 3 heterocycles. The van der Waals surface area contributed by atoms with Crippen LogP contribution >= 0.6 is 0 Å². The Hall–Kier alpha value is -3.94. The lowest BCUT2D eigenvalue weighted by Crippen LogP contribution is -2.23. The summed E-state index contributed by atoms with van der Waals surface area (Å²) in [5.41, 5.74) is 4.70. The van der Waals surface area contributed by atoms with E-state index >= 15 is 0 Å². The average Bonchev–Trinajstić information content (AvgIpc) is 3.44. The number of rotatable bonds is 5. The van der Waals surface area contributed by atoms with Crippen molar-refractivity contribution in [1.82, 2.24) is 19.9 Å². The van der Waals surface area contributed by atoms with E-state index in [2.05, 4.69) is 41.2 Å². The summed E-state index contributed by atoms with van der Waals surface area (Å²) in [5, 5.41) is 8.56. The van der Waals surface area contributed by atoms with Crippen molar-refractivity contribution in [3.8, 4) is 34.1 Å². The molecule has 0 radical (unpaired) electrons. The van der Waals surface area contributed by atoms with Crippen LogP contribution < -0.4 is 15.0 Å². The first-order valence-corrected chi connectivity index (χ1v) is 9.95. The van der Waals surface area contributed by atoms with Gasteiger partial charge >= 0.3 is 0 Å². The second-order valence-corrected chi connectivity index (χ2v) is 7.41. The van der Waals surface area contributed by atoms with Crippen LogP contribution in [0.5, 0.6) is 11.5 Å². The maximum atomic E-state index is 12.3. The third-order valence-corrected chi connectivity index (χ3v) is 5.31. The Balaban J connectivity index is 1.33. The summed E-state index contributed by atoms with van der Waals surface area (Å²) < 4.78 is 17.5. The Kier molecular flexibility index (Phi) is 4.74. The molecule has 0 bridgehead atoms. The van der Waals surface area contributed by atoms with E-state index in [1.54, 1.807) is 6.07 Å². The second kappa shape index (κ2) is 7.71. The molecular formula is C23H20N4O4. The highest BCUT2D eigenvalue weighted by Gasteiger charge is 2.16. The molecule has 31 heavy (non-hydrogen) atoms. The monoisotopic (exact) mass is 416 g/mol. The van der Waals surface area contributed by atoms with Crippen LogP contribution in [-0.2, 0) is 13.0 Å². The van der Waals surface area contributed by atoms with Crippen LogP contribution in [0.2, 0.25) is 0 Å². The number of hydrogen-bond acceptors (Lipinski definition) is 7. The molecule has 4 aromatic rings. The lowest BCUT2D eigenvalue weighted by atomic mass is 10.0. The maximum absolute atomic E-state index is 12.3. The van der Waals surface area contributed by atoms with Gasteiger partial charge < -0.3 is 14.0 Å². The van der Waals surface area contributed by atoms with E-state index in [4.69, 9.17) is 14.0 Å². The molecule has 0 aliphatic carbocycles. The van der Waals surface area contributed by atoms with E-state index in [9.17, 15) is 4.79 Å². The van der Waals surface area contributed by atoms with E-state index in [1.165, 1.54) is 21.9 Å². The van der Waals surface area contributed by atoms with Crippen molar-refractivity contribution in [3.63, 3.8) is 0 Å². The minimum Gasteiger partial charge on any atom is -0.454 e. The van der Waals surface area contributed by atoms with Gasteiger partial charge in [0, 0.05) is 23.6 Å². The Morgan fingerprint density at radius 1 is 0.935 bits per heavy atom. The van der Waals surface area contributed by atoms with Gasteiger partial charge in [0.15, 0.2) is 11.5 Å². The Morgan fingerprint density at radius 2 is 1.77 bits per heavy atom. The summed E-state index contributed by atoms with van der Waals surface area (Å²) >= 11 is 0. The van der Waals surface area contributed by atoms with Crippen molar-refractivity contribution in [2.75, 3.05) is 6.79 Å². The van der Waals surface area contributed by atoms with Crippen LogP contribution in [0.4, 0.5) is 0 Å². The van der Waals surface area contributed by atoms with Crippen molar-refractivity contribution in [1.29, 1.82) is 0 Å². The van der Waals surface area contributed by atoms with Crippen molar-refractivity contribution < 1.29 is 14.0 Å². The van der Waals surface area contributed by atoms with E-state index in [0.717, 1.165) is 16.8 Å². The highest BCUT2D eigenvalue weighted by molar-refractivity contribution is 5.61. The molecule has 0 N–H and O–H groups in total. The number of hydrogen-bond donors (Lipinski definition) is 0. The van der Waals surface area contributed by atoms with Gasteiger partial charge in [0.25, 0.3) is 5.56 Å². The molecule has 0 spiro atoms. The van der Waals surface area contributed by atoms with Gasteiger partial charge in [-0.3, -0.25) is 4.79 Å². The Labute approximate surface area is 178 Å². The molecule has 0 atom stereocenters. The Morgan fingerprint density at radius 3 is 2.65 bits per heavy atom. The van der Waals surface area contributed by atoms with E-state index in [0.29, 0.717) is 36.2 Å². The average molecular weight is 416 g/mol. The van der Waals surface area contributed by atoms with Crippen molar-refractivity contribution in [2.45, 2.75) is 26.8 Å². The quantitative estimate of drug-likeness (QED) is 0.491. The predicted molar refractivity (Wildman–Crippen MR) is 113 cm³/mol. The number of benzene rings is 2. The molecule has 1 aliphatic rings. The van der Waals surface area contributed by atoms with E-state index in [1.807, 2.05) is 24.3 Å². The van der Waals surface area contributed by atoms with Crippen LogP contribution in [-0.4, -0.2) is 26.7 Å². The zero-order valence-electron chi connectivity index (χ0n) is 17.2. The molecule has 156 valence electrons. The normalized spacial score (nSPS) is 12.3. The SMILES string of the molecule is Cc1ccc(-c2ccc(=O)n(CCc3nc(-c4ccc5c(c4)OCO5)no3)n2)cc1C. The third kappa shape index (κ3) is 3.79. The summed E-state index contributed by atoms with van der Waals surface area (Å²) in [7, 11) is 0. The largest absolute Gasteiger partial charge is 0.454 e. The molecule has 5 rings (SSSR count). The van der Waals surface area contributed by atoms with Gasteiger partial charge in [0.2, 0.25) is 18.5 Å². The van der Waals surface area contributed by atoms with Gasteiger partial charge in [-0.2, -0.15) is 10.1 Å². The van der Waals surface area contributed by atoms with Crippen LogP contribution in [0.3, 0.4) is 0 Å². The molecule has 8 heteroatoms. The van der Waals surface area contributed by atoms with E-state index < -0.39 is 0 Å². The molecular weight excluding hydrogens is 396 g/mol. The molecule has 1 aliphatic heterocycles. The molecule has 2 aromatic heterocycles. The van der Waals surface area contributed by atoms with E-state index in [-0.39, 0.29) is 12.4 Å². The fourth-order valence-corrected chi connectivity index (χ4v) is 3.37. The number of ether oxygens (including phenoxy) is 2. The fourth-order valence-electron chi connectivity index (χ4n) is 3.37. The van der Waals surface area contributed by atoms with Crippen LogP contribution in [0, 0.1) is 13.8 Å². The zero-order chi connectivity index (χ0) is 21.4. The van der Waals surface area contributed by atoms with Crippen molar-refractivity contribution in [2.24, 2.45) is 0 Å². The number of fused-ring (bicyclic) bond motifs is 1. The van der Waals surface area contributed by atoms with Gasteiger partial charge in [0.05, 0.1) is 12.2 Å². The maximum Gasteiger partial charge on any atom is 0.266 e. The molecule has 0 fully saturated rings. The van der Waals surface area contributed by atoms with Gasteiger partial charge in [-0.1, -0.05) is 17.3 Å². The molecule has 8 nitrogen and oxygen atoms in total. The van der Waals surface area contributed by atoms with Crippen LogP contribution in [0.1, 0.15) is 17.0 Å². The lowest BCUT2D eigenvalue weighted by Gasteiger charge is -2.08. The summed E-state index contributed by atoms with van der Waals surface area (Å²) in [5.74, 6) is 2.24. The number of aromatic nitrogens is 4. The second-order valence-electron chi connectivity index (χ2n) is 7.41. The standard InChI is InChI=1S/C23H20N4O4/c1-14-3-4-16(11-15(14)2)18-6-8-22(28)27(25-18)10-9-21-24-23(26-31-21)17-5-7-19-20(12-17)30-13-29-19/h3-8,11-12H,9-10,13H2,1-2H3. The highest BCUT2D eigenvalue weighted by Crippen LogP contribution is 2.35. The third-order valence-electron chi connectivity index (χ3n) is 5.31. The molecule has 2 aromatic carbocycles. The smallest absolute Gasteiger partial charge is 0.266 e. The summed E-state index contributed by atoms with van der Waals surface area (Å²) in [6.45, 7) is 4.66. The zero-order valence-corrected chi connectivity index (χ0v) is 17.2. The first-order valence-electron chi connectivity index (χ1n) is 9.95. The first-order chi connectivity index (χ1) is 15.1. The highest BCUT2D eigenvalue weighted by atomic mass is 16.7. The molecule has 0 saturated heterocycles. The summed E-state index contributed by atoms with van der Waals surface area (Å²) in [6.07, 6.45) is 0.390. The minimum atomic E-state index is -0.178. The number of nitrogens with zero attached hydrogens (tertiary/aromatic N) is 4. The minimum absolute atomic E-state index is 0.178. The number of aryl methyl sites for hydroxylation is 4. The molecule has 0 saturated carbocycles. The first kappa shape index (κ1) is 19.0. The van der Waals surface area contributed by atoms with Crippen LogP contribution in [0.25, 0.3) is 22.6 Å². The molecule has 0 unspecified atom stereocenters. The summed E-state index contributed by atoms with van der Waals surface area (Å²) in [6, 6.07) is 14.9. The van der Waals surface area contributed by atoms with Crippen molar-refractivity contribution in [3.05, 3.63) is 75.9 Å². The van der Waals surface area contributed by atoms with Gasteiger partial charge in [0.1, 0.15) is 0 Å². The summed E-state index contributed by atoms with van der Waals surface area (Å²) in [4.78, 5) is 16.7. The van der Waals surface area contributed by atoms with Gasteiger partial charge in [-0.05, 0) is 55.3 Å². The fraction of sp³-hybridized carbons (Fsp3) is 0.217. The topological polar surface area (TPSA) is 92.3 Å². The molecule has 0 amide bonds. The lowest BCUT2D eigenvalue weighted by molar-refractivity contribution is 0.174. The van der Waals surface area contributed by atoms with Crippen LogP contribution in [0.15, 0.2) is 57.8 Å². The van der Waals surface area contributed by atoms with Gasteiger partial charge in [-0.15, -0.1) is 0 Å². The Bertz CT molecular complexity index is 1330. The predicted octanol–water partition coefficient (Wildman–Crippen LogP) is 3.55.